The normalized spacial score (nSPS) is 22.2. The number of nitrogens with two attached hydrogens (primary N) is 1. The second-order valence-corrected chi connectivity index (χ2v) is 3.77. The van der Waals surface area contributed by atoms with E-state index in [2.05, 4.69) is 20.8 Å². The molecule has 0 aliphatic carbocycles. The van der Waals surface area contributed by atoms with E-state index in [0.29, 0.717) is 5.92 Å². The molecule has 0 aromatic heterocycles. The summed E-state index contributed by atoms with van der Waals surface area (Å²) in [7, 11) is 0. The Hall–Kier alpha value is -0.0800. The Labute approximate surface area is 76.5 Å². The van der Waals surface area contributed by atoms with Crippen LogP contribution in [0.2, 0.25) is 0 Å². The standard InChI is InChI=1S/C5H11NO.C5H12/c6-3-5-1-2-7-4-5;1-4-5(2)3/h5H,1-4,6H2;5H,4H2,1-3H3. The molecular formula is C10H23NO. The van der Waals surface area contributed by atoms with Gasteiger partial charge in [-0.3, -0.25) is 0 Å². The lowest BCUT2D eigenvalue weighted by molar-refractivity contribution is 0.187. The van der Waals surface area contributed by atoms with Gasteiger partial charge in [-0.1, -0.05) is 27.2 Å². The Morgan fingerprint density at radius 3 is 2.25 bits per heavy atom. The molecule has 1 atom stereocenters. The molecule has 1 heterocycles. The summed E-state index contributed by atoms with van der Waals surface area (Å²) in [6.07, 6.45) is 2.47. The minimum Gasteiger partial charge on any atom is -0.381 e. The zero-order valence-corrected chi connectivity index (χ0v) is 8.68. The molecule has 2 nitrogen and oxygen atoms in total. The number of ether oxygens (including phenoxy) is 1. The van der Waals surface area contributed by atoms with Crippen LogP contribution in [0.1, 0.15) is 33.6 Å². The van der Waals surface area contributed by atoms with Gasteiger partial charge in [0.2, 0.25) is 0 Å². The van der Waals surface area contributed by atoms with Gasteiger partial charge >= 0.3 is 0 Å². The van der Waals surface area contributed by atoms with Gasteiger partial charge in [-0.15, -0.1) is 0 Å². The summed E-state index contributed by atoms with van der Waals surface area (Å²) < 4.78 is 5.07. The summed E-state index contributed by atoms with van der Waals surface area (Å²) in [4.78, 5) is 0. The summed E-state index contributed by atoms with van der Waals surface area (Å²) in [5, 5.41) is 0. The highest BCUT2D eigenvalue weighted by molar-refractivity contribution is 4.63. The molecule has 0 amide bonds. The van der Waals surface area contributed by atoms with E-state index < -0.39 is 0 Å². The topological polar surface area (TPSA) is 35.2 Å². The maximum absolute atomic E-state index is 5.35. The summed E-state index contributed by atoms with van der Waals surface area (Å²) >= 11 is 0. The molecule has 0 aromatic carbocycles. The molecule has 0 spiro atoms. The van der Waals surface area contributed by atoms with Gasteiger partial charge in [0.25, 0.3) is 0 Å². The van der Waals surface area contributed by atoms with Gasteiger partial charge in [-0.25, -0.2) is 0 Å². The summed E-state index contributed by atoms with van der Waals surface area (Å²) in [5.41, 5.74) is 5.35. The SMILES string of the molecule is CCC(C)C.NCC1CCOC1. The molecule has 74 valence electrons. The van der Waals surface area contributed by atoms with Crippen molar-refractivity contribution in [1.29, 1.82) is 0 Å². The minimum absolute atomic E-state index is 0.653. The summed E-state index contributed by atoms with van der Waals surface area (Å²) in [6.45, 7) is 9.24. The van der Waals surface area contributed by atoms with Gasteiger partial charge in [0, 0.05) is 6.61 Å². The molecule has 0 bridgehead atoms. The van der Waals surface area contributed by atoms with E-state index >= 15 is 0 Å². The average molecular weight is 173 g/mol. The molecule has 2 heteroatoms. The third-order valence-corrected chi connectivity index (χ3v) is 2.17. The van der Waals surface area contributed by atoms with Gasteiger partial charge in [0.05, 0.1) is 6.61 Å². The molecule has 1 rings (SSSR count). The van der Waals surface area contributed by atoms with Crippen LogP contribution in [0.5, 0.6) is 0 Å². The maximum atomic E-state index is 5.35. The lowest BCUT2D eigenvalue weighted by Crippen LogP contribution is -2.13. The molecule has 0 saturated carbocycles. The Balaban J connectivity index is 0.000000217. The van der Waals surface area contributed by atoms with Crippen molar-refractivity contribution in [3.8, 4) is 0 Å². The molecule has 2 N–H and O–H groups in total. The van der Waals surface area contributed by atoms with Gasteiger partial charge in [0.15, 0.2) is 0 Å². The first-order valence-electron chi connectivity index (χ1n) is 4.98. The molecule has 0 radical (unpaired) electrons. The van der Waals surface area contributed by atoms with Crippen LogP contribution in [0.25, 0.3) is 0 Å². The third kappa shape index (κ3) is 6.62. The number of rotatable bonds is 2. The van der Waals surface area contributed by atoms with Crippen molar-refractivity contribution < 1.29 is 4.74 Å². The Kier molecular flexibility index (Phi) is 7.51. The Morgan fingerprint density at radius 2 is 2.08 bits per heavy atom. The van der Waals surface area contributed by atoms with E-state index in [0.717, 1.165) is 32.1 Å². The van der Waals surface area contributed by atoms with Crippen LogP contribution in [-0.4, -0.2) is 19.8 Å². The molecule has 1 fully saturated rings. The van der Waals surface area contributed by atoms with Crippen LogP contribution in [0, 0.1) is 11.8 Å². The quantitative estimate of drug-likeness (QED) is 0.693. The predicted molar refractivity (Wildman–Crippen MR) is 53.1 cm³/mol. The minimum atomic E-state index is 0.653. The molecule has 0 aromatic rings. The molecule has 12 heavy (non-hydrogen) atoms. The maximum Gasteiger partial charge on any atom is 0.0507 e. The van der Waals surface area contributed by atoms with Gasteiger partial charge in [0.1, 0.15) is 0 Å². The fourth-order valence-electron chi connectivity index (χ4n) is 0.769. The van der Waals surface area contributed by atoms with Gasteiger partial charge in [-0.2, -0.15) is 0 Å². The van der Waals surface area contributed by atoms with Crippen LogP contribution in [-0.2, 0) is 4.74 Å². The zero-order chi connectivity index (χ0) is 9.40. The van der Waals surface area contributed by atoms with E-state index in [1.54, 1.807) is 0 Å². The molecule has 1 aliphatic rings. The van der Waals surface area contributed by atoms with Crippen molar-refractivity contribution in [2.45, 2.75) is 33.6 Å². The van der Waals surface area contributed by atoms with Crippen LogP contribution in [0.3, 0.4) is 0 Å². The third-order valence-electron chi connectivity index (χ3n) is 2.17. The Bertz CT molecular complexity index is 87.8. The van der Waals surface area contributed by atoms with E-state index in [4.69, 9.17) is 10.5 Å². The fourth-order valence-corrected chi connectivity index (χ4v) is 0.769. The summed E-state index contributed by atoms with van der Waals surface area (Å²) in [5.74, 6) is 1.54. The van der Waals surface area contributed by atoms with E-state index in [9.17, 15) is 0 Å². The smallest absolute Gasteiger partial charge is 0.0507 e. The van der Waals surface area contributed by atoms with E-state index in [1.807, 2.05) is 0 Å². The second-order valence-electron chi connectivity index (χ2n) is 3.77. The van der Waals surface area contributed by atoms with Crippen LogP contribution < -0.4 is 5.73 Å². The lowest BCUT2D eigenvalue weighted by Gasteiger charge is -1.97. The first-order chi connectivity index (χ1) is 5.70. The van der Waals surface area contributed by atoms with Gasteiger partial charge in [-0.05, 0) is 24.8 Å². The molecule has 1 aliphatic heterocycles. The van der Waals surface area contributed by atoms with Crippen molar-refractivity contribution >= 4 is 0 Å². The molecule has 1 unspecified atom stereocenters. The van der Waals surface area contributed by atoms with E-state index in [-0.39, 0.29) is 0 Å². The molecular weight excluding hydrogens is 150 g/mol. The van der Waals surface area contributed by atoms with Gasteiger partial charge < -0.3 is 10.5 Å². The average Bonchev–Trinajstić information content (AvgIpc) is 2.57. The Morgan fingerprint density at radius 1 is 1.50 bits per heavy atom. The summed E-state index contributed by atoms with van der Waals surface area (Å²) in [6, 6.07) is 0. The highest BCUT2D eigenvalue weighted by Crippen LogP contribution is 2.08. The van der Waals surface area contributed by atoms with Crippen LogP contribution >= 0.6 is 0 Å². The largest absolute Gasteiger partial charge is 0.381 e. The van der Waals surface area contributed by atoms with E-state index in [1.165, 1.54) is 6.42 Å². The first kappa shape index (κ1) is 11.9. The number of hydrogen-bond donors (Lipinski definition) is 1. The van der Waals surface area contributed by atoms with Crippen molar-refractivity contribution in [2.24, 2.45) is 17.6 Å². The van der Waals surface area contributed by atoms with Crippen molar-refractivity contribution in [3.63, 3.8) is 0 Å². The van der Waals surface area contributed by atoms with Crippen molar-refractivity contribution in [1.82, 2.24) is 0 Å². The lowest BCUT2D eigenvalue weighted by atomic mass is 10.1. The zero-order valence-electron chi connectivity index (χ0n) is 8.68. The number of hydrogen-bond acceptors (Lipinski definition) is 2. The highest BCUT2D eigenvalue weighted by atomic mass is 16.5. The second kappa shape index (κ2) is 7.56. The fraction of sp³-hybridized carbons (Fsp3) is 1.00. The van der Waals surface area contributed by atoms with Crippen molar-refractivity contribution in [3.05, 3.63) is 0 Å². The highest BCUT2D eigenvalue weighted by Gasteiger charge is 2.12. The van der Waals surface area contributed by atoms with Crippen molar-refractivity contribution in [2.75, 3.05) is 19.8 Å². The monoisotopic (exact) mass is 173 g/mol. The first-order valence-corrected chi connectivity index (χ1v) is 4.98. The van der Waals surface area contributed by atoms with Crippen LogP contribution in [0.15, 0.2) is 0 Å². The van der Waals surface area contributed by atoms with Crippen LogP contribution in [0.4, 0.5) is 0 Å². The molecule has 1 saturated heterocycles. The predicted octanol–water partition coefficient (Wildman–Crippen LogP) is 2.03.